The van der Waals surface area contributed by atoms with Crippen molar-refractivity contribution in [3.63, 3.8) is 0 Å². The van der Waals surface area contributed by atoms with E-state index in [1.807, 2.05) is 0 Å². The molecule has 0 aliphatic rings. The zero-order valence-corrected chi connectivity index (χ0v) is 10.1. The minimum absolute atomic E-state index is 0.0834. The van der Waals surface area contributed by atoms with E-state index in [0.717, 1.165) is 0 Å². The lowest BCUT2D eigenvalue weighted by Gasteiger charge is -2.09. The van der Waals surface area contributed by atoms with Crippen molar-refractivity contribution < 1.29 is 14.6 Å². The highest BCUT2D eigenvalue weighted by molar-refractivity contribution is 6.01. The normalized spacial score (nSPS) is 10.3. The summed E-state index contributed by atoms with van der Waals surface area (Å²) in [6.45, 7) is 2.23. The van der Waals surface area contributed by atoms with Crippen molar-refractivity contribution in [3.8, 4) is 11.6 Å². The summed E-state index contributed by atoms with van der Waals surface area (Å²) in [5.41, 5.74) is 0.213. The van der Waals surface area contributed by atoms with Crippen molar-refractivity contribution in [2.24, 2.45) is 0 Å². The third-order valence-electron chi connectivity index (χ3n) is 2.45. The Morgan fingerprint density at radius 1 is 1.56 bits per heavy atom. The number of carbonyl (C=O) groups excluding carboxylic acids is 1. The van der Waals surface area contributed by atoms with Gasteiger partial charge < -0.3 is 15.2 Å². The SMILES string of the molecule is CCNC(=O)c1nc(OC)c2cccnc2c1O. The highest BCUT2D eigenvalue weighted by atomic mass is 16.5. The van der Waals surface area contributed by atoms with Gasteiger partial charge in [0, 0.05) is 12.7 Å². The summed E-state index contributed by atoms with van der Waals surface area (Å²) in [5.74, 6) is -0.435. The van der Waals surface area contributed by atoms with E-state index in [-0.39, 0.29) is 17.3 Å². The number of aromatic hydroxyl groups is 1. The van der Waals surface area contributed by atoms with Gasteiger partial charge in [0.05, 0.1) is 12.5 Å². The summed E-state index contributed by atoms with van der Waals surface area (Å²) in [4.78, 5) is 19.8. The molecule has 0 saturated heterocycles. The number of fused-ring (bicyclic) bond motifs is 1. The molecule has 0 bridgehead atoms. The third-order valence-corrected chi connectivity index (χ3v) is 2.45. The van der Waals surface area contributed by atoms with Gasteiger partial charge in [0.2, 0.25) is 5.88 Å². The number of ether oxygens (including phenoxy) is 1. The number of pyridine rings is 2. The summed E-state index contributed by atoms with van der Waals surface area (Å²) in [6, 6.07) is 3.42. The van der Waals surface area contributed by atoms with Crippen LogP contribution in [0, 0.1) is 0 Å². The van der Waals surface area contributed by atoms with Crippen LogP contribution >= 0.6 is 0 Å². The van der Waals surface area contributed by atoms with E-state index >= 15 is 0 Å². The average molecular weight is 247 g/mol. The van der Waals surface area contributed by atoms with Gasteiger partial charge in [-0.3, -0.25) is 9.78 Å². The first-order chi connectivity index (χ1) is 8.69. The van der Waals surface area contributed by atoms with Gasteiger partial charge in [0.1, 0.15) is 5.52 Å². The minimum atomic E-state index is -0.458. The molecule has 18 heavy (non-hydrogen) atoms. The van der Waals surface area contributed by atoms with Gasteiger partial charge in [-0.1, -0.05) is 0 Å². The Labute approximate surface area is 104 Å². The smallest absolute Gasteiger partial charge is 0.273 e. The molecule has 6 heteroatoms. The molecule has 2 rings (SSSR count). The van der Waals surface area contributed by atoms with Gasteiger partial charge in [0.25, 0.3) is 5.91 Å². The first kappa shape index (κ1) is 12.1. The first-order valence-corrected chi connectivity index (χ1v) is 5.49. The van der Waals surface area contributed by atoms with Crippen LogP contribution in [0.1, 0.15) is 17.4 Å². The highest BCUT2D eigenvalue weighted by Crippen LogP contribution is 2.31. The van der Waals surface area contributed by atoms with Crippen molar-refractivity contribution >= 4 is 16.8 Å². The maximum atomic E-state index is 11.8. The molecule has 0 spiro atoms. The third kappa shape index (κ3) is 1.92. The summed E-state index contributed by atoms with van der Waals surface area (Å²) < 4.78 is 5.11. The standard InChI is InChI=1S/C12H13N3O3/c1-3-13-11(17)9-10(16)8-7(5-4-6-14-8)12(15-9)18-2/h4-6,16H,3H2,1-2H3,(H,13,17). The van der Waals surface area contributed by atoms with Crippen LogP contribution in [-0.4, -0.2) is 34.6 Å². The summed E-state index contributed by atoms with van der Waals surface area (Å²) in [7, 11) is 1.45. The molecule has 94 valence electrons. The first-order valence-electron chi connectivity index (χ1n) is 5.49. The van der Waals surface area contributed by atoms with Crippen molar-refractivity contribution in [2.45, 2.75) is 6.92 Å². The molecule has 0 saturated carbocycles. The molecule has 0 aliphatic heterocycles. The molecule has 2 aromatic heterocycles. The number of rotatable bonds is 3. The fraction of sp³-hybridized carbons (Fsp3) is 0.250. The molecule has 0 unspecified atom stereocenters. The van der Waals surface area contributed by atoms with E-state index in [9.17, 15) is 9.90 Å². The average Bonchev–Trinajstić information content (AvgIpc) is 2.40. The van der Waals surface area contributed by atoms with Crippen LogP contribution in [0.15, 0.2) is 18.3 Å². The van der Waals surface area contributed by atoms with Crippen molar-refractivity contribution in [1.29, 1.82) is 0 Å². The topological polar surface area (TPSA) is 84.3 Å². The Morgan fingerprint density at radius 3 is 3.00 bits per heavy atom. The van der Waals surface area contributed by atoms with Crippen molar-refractivity contribution in [3.05, 3.63) is 24.0 Å². The molecule has 2 heterocycles. The summed E-state index contributed by atoms with van der Waals surface area (Å²) >= 11 is 0. The summed E-state index contributed by atoms with van der Waals surface area (Å²) in [6.07, 6.45) is 1.53. The molecule has 2 N–H and O–H groups in total. The van der Waals surface area contributed by atoms with E-state index in [1.165, 1.54) is 13.3 Å². The Balaban J connectivity index is 2.69. The van der Waals surface area contributed by atoms with Crippen LogP contribution in [0.2, 0.25) is 0 Å². The van der Waals surface area contributed by atoms with E-state index in [0.29, 0.717) is 17.4 Å². The molecule has 0 aromatic carbocycles. The Kier molecular flexibility index (Phi) is 3.27. The second-order valence-electron chi connectivity index (χ2n) is 3.58. The number of amides is 1. The number of hydrogen-bond acceptors (Lipinski definition) is 5. The van der Waals surface area contributed by atoms with E-state index in [1.54, 1.807) is 19.1 Å². The Bertz CT molecular complexity index is 598. The minimum Gasteiger partial charge on any atom is -0.504 e. The van der Waals surface area contributed by atoms with Crippen LogP contribution in [0.3, 0.4) is 0 Å². The Hall–Kier alpha value is -2.37. The molecular formula is C12H13N3O3. The second kappa shape index (κ2) is 4.87. The van der Waals surface area contributed by atoms with Gasteiger partial charge in [-0.2, -0.15) is 0 Å². The van der Waals surface area contributed by atoms with Gasteiger partial charge in [-0.15, -0.1) is 0 Å². The maximum absolute atomic E-state index is 11.8. The largest absolute Gasteiger partial charge is 0.504 e. The van der Waals surface area contributed by atoms with Crippen LogP contribution in [0.5, 0.6) is 11.6 Å². The lowest BCUT2D eigenvalue weighted by Crippen LogP contribution is -2.24. The molecule has 0 atom stereocenters. The van der Waals surface area contributed by atoms with Gasteiger partial charge in [-0.25, -0.2) is 4.98 Å². The molecule has 6 nitrogen and oxygen atoms in total. The van der Waals surface area contributed by atoms with Gasteiger partial charge in [0.15, 0.2) is 11.4 Å². The van der Waals surface area contributed by atoms with E-state index in [2.05, 4.69) is 15.3 Å². The Morgan fingerprint density at radius 2 is 2.33 bits per heavy atom. The molecular weight excluding hydrogens is 234 g/mol. The second-order valence-corrected chi connectivity index (χ2v) is 3.58. The molecule has 0 fully saturated rings. The highest BCUT2D eigenvalue weighted by Gasteiger charge is 2.19. The van der Waals surface area contributed by atoms with Crippen LogP contribution < -0.4 is 10.1 Å². The number of nitrogens with zero attached hydrogens (tertiary/aromatic N) is 2. The van der Waals surface area contributed by atoms with E-state index < -0.39 is 5.91 Å². The zero-order chi connectivity index (χ0) is 13.1. The van der Waals surface area contributed by atoms with Crippen LogP contribution in [-0.2, 0) is 0 Å². The number of methoxy groups -OCH3 is 1. The van der Waals surface area contributed by atoms with Gasteiger partial charge in [-0.05, 0) is 19.1 Å². The summed E-state index contributed by atoms with van der Waals surface area (Å²) in [5, 5.41) is 13.2. The fourth-order valence-corrected chi connectivity index (χ4v) is 1.65. The molecule has 1 amide bonds. The van der Waals surface area contributed by atoms with Crippen LogP contribution in [0.4, 0.5) is 0 Å². The van der Waals surface area contributed by atoms with Crippen molar-refractivity contribution in [1.82, 2.24) is 15.3 Å². The lowest BCUT2D eigenvalue weighted by atomic mass is 10.2. The number of carbonyl (C=O) groups is 1. The number of nitrogens with one attached hydrogen (secondary N) is 1. The lowest BCUT2D eigenvalue weighted by molar-refractivity contribution is 0.0947. The van der Waals surface area contributed by atoms with E-state index in [4.69, 9.17) is 4.74 Å². The molecule has 2 aromatic rings. The predicted octanol–water partition coefficient (Wildman–Crippen LogP) is 1.09. The fourth-order valence-electron chi connectivity index (χ4n) is 1.65. The van der Waals surface area contributed by atoms with Crippen molar-refractivity contribution in [2.75, 3.05) is 13.7 Å². The quantitative estimate of drug-likeness (QED) is 0.848. The molecule has 0 radical (unpaired) electrons. The number of aromatic nitrogens is 2. The predicted molar refractivity (Wildman–Crippen MR) is 65.8 cm³/mol. The maximum Gasteiger partial charge on any atom is 0.273 e. The molecule has 0 aliphatic carbocycles. The monoisotopic (exact) mass is 247 g/mol. The zero-order valence-electron chi connectivity index (χ0n) is 10.1. The number of hydrogen-bond donors (Lipinski definition) is 2. The van der Waals surface area contributed by atoms with Gasteiger partial charge >= 0.3 is 0 Å². The van der Waals surface area contributed by atoms with Crippen LogP contribution in [0.25, 0.3) is 10.9 Å².